The van der Waals surface area contributed by atoms with Crippen molar-refractivity contribution >= 4 is 5.82 Å². The Kier molecular flexibility index (Phi) is 3.19. The largest absolute Gasteiger partial charge is 0.370 e. The zero-order chi connectivity index (χ0) is 11.4. The van der Waals surface area contributed by atoms with Crippen LogP contribution in [0.5, 0.6) is 0 Å². The summed E-state index contributed by atoms with van der Waals surface area (Å²) >= 11 is 0. The van der Waals surface area contributed by atoms with Gasteiger partial charge in [-0.05, 0) is 31.5 Å². The third kappa shape index (κ3) is 2.59. The molecule has 0 aliphatic rings. The van der Waals surface area contributed by atoms with E-state index in [2.05, 4.69) is 22.3 Å². The molecule has 0 radical (unpaired) electrons. The first kappa shape index (κ1) is 10.7. The molecule has 0 aliphatic heterocycles. The zero-order valence-electron chi connectivity index (χ0n) is 9.64. The van der Waals surface area contributed by atoms with Gasteiger partial charge in [-0.3, -0.25) is 4.68 Å². The lowest BCUT2D eigenvalue weighted by Gasteiger charge is -2.05. The Morgan fingerprint density at radius 1 is 1.38 bits per heavy atom. The molecule has 0 atom stereocenters. The van der Waals surface area contributed by atoms with Crippen LogP contribution in [0.25, 0.3) is 0 Å². The normalized spacial score (nSPS) is 10.4. The van der Waals surface area contributed by atoms with Gasteiger partial charge in [0.05, 0.1) is 18.4 Å². The molecule has 4 heteroatoms. The SMILES string of the molecule is CCNc1cccc(Cn2cc(C)cn2)n1. The molecule has 2 aromatic rings. The number of hydrogen-bond donors (Lipinski definition) is 1. The van der Waals surface area contributed by atoms with Gasteiger partial charge in [-0.25, -0.2) is 4.98 Å². The number of hydrogen-bond acceptors (Lipinski definition) is 3. The Morgan fingerprint density at radius 3 is 2.94 bits per heavy atom. The molecule has 0 amide bonds. The van der Waals surface area contributed by atoms with E-state index in [0.29, 0.717) is 6.54 Å². The van der Waals surface area contributed by atoms with Gasteiger partial charge in [0, 0.05) is 12.7 Å². The quantitative estimate of drug-likeness (QED) is 0.850. The topological polar surface area (TPSA) is 42.7 Å². The third-order valence-corrected chi connectivity index (χ3v) is 2.25. The molecule has 2 heterocycles. The fourth-order valence-electron chi connectivity index (χ4n) is 1.57. The summed E-state index contributed by atoms with van der Waals surface area (Å²) < 4.78 is 1.90. The maximum atomic E-state index is 4.50. The van der Waals surface area contributed by atoms with Gasteiger partial charge in [0.25, 0.3) is 0 Å². The molecule has 0 aliphatic carbocycles. The summed E-state index contributed by atoms with van der Waals surface area (Å²) in [6, 6.07) is 6.00. The smallest absolute Gasteiger partial charge is 0.126 e. The zero-order valence-corrected chi connectivity index (χ0v) is 9.64. The fourth-order valence-corrected chi connectivity index (χ4v) is 1.57. The van der Waals surface area contributed by atoms with Gasteiger partial charge < -0.3 is 5.32 Å². The summed E-state index contributed by atoms with van der Waals surface area (Å²) in [5.41, 5.74) is 2.18. The first-order valence-corrected chi connectivity index (χ1v) is 5.47. The minimum Gasteiger partial charge on any atom is -0.370 e. The van der Waals surface area contributed by atoms with E-state index in [1.54, 1.807) is 0 Å². The van der Waals surface area contributed by atoms with E-state index in [1.165, 1.54) is 5.56 Å². The average molecular weight is 216 g/mol. The van der Waals surface area contributed by atoms with Crippen LogP contribution >= 0.6 is 0 Å². The van der Waals surface area contributed by atoms with Crippen LogP contribution in [0.3, 0.4) is 0 Å². The van der Waals surface area contributed by atoms with E-state index in [-0.39, 0.29) is 0 Å². The summed E-state index contributed by atoms with van der Waals surface area (Å²) in [4.78, 5) is 4.50. The predicted octanol–water partition coefficient (Wildman–Crippen LogP) is 2.07. The highest BCUT2D eigenvalue weighted by Gasteiger charge is 1.99. The Bertz CT molecular complexity index is 462. The highest BCUT2D eigenvalue weighted by molar-refractivity contribution is 5.35. The molecule has 84 valence electrons. The van der Waals surface area contributed by atoms with Crippen molar-refractivity contribution in [1.29, 1.82) is 0 Å². The molecular weight excluding hydrogens is 200 g/mol. The summed E-state index contributed by atoms with van der Waals surface area (Å²) in [5, 5.41) is 7.44. The van der Waals surface area contributed by atoms with Crippen molar-refractivity contribution in [2.24, 2.45) is 0 Å². The monoisotopic (exact) mass is 216 g/mol. The third-order valence-electron chi connectivity index (χ3n) is 2.25. The first-order valence-electron chi connectivity index (χ1n) is 5.47. The van der Waals surface area contributed by atoms with Gasteiger partial charge in [-0.2, -0.15) is 5.10 Å². The van der Waals surface area contributed by atoms with Crippen molar-refractivity contribution in [3.8, 4) is 0 Å². The lowest BCUT2D eigenvalue weighted by molar-refractivity contribution is 0.673. The van der Waals surface area contributed by atoms with E-state index in [1.807, 2.05) is 42.2 Å². The van der Waals surface area contributed by atoms with Crippen LogP contribution in [0.15, 0.2) is 30.6 Å². The number of pyridine rings is 1. The molecule has 2 rings (SSSR count). The van der Waals surface area contributed by atoms with E-state index in [4.69, 9.17) is 0 Å². The van der Waals surface area contributed by atoms with Crippen molar-refractivity contribution < 1.29 is 0 Å². The van der Waals surface area contributed by atoms with Gasteiger partial charge >= 0.3 is 0 Å². The van der Waals surface area contributed by atoms with Crippen LogP contribution in [0.2, 0.25) is 0 Å². The van der Waals surface area contributed by atoms with Crippen molar-refractivity contribution in [1.82, 2.24) is 14.8 Å². The van der Waals surface area contributed by atoms with E-state index in [9.17, 15) is 0 Å². The van der Waals surface area contributed by atoms with Gasteiger partial charge in [-0.1, -0.05) is 6.07 Å². The molecule has 0 unspecified atom stereocenters. The molecule has 1 N–H and O–H groups in total. The van der Waals surface area contributed by atoms with E-state index >= 15 is 0 Å². The van der Waals surface area contributed by atoms with E-state index in [0.717, 1.165) is 18.1 Å². The molecule has 0 bridgehead atoms. The summed E-state index contributed by atoms with van der Waals surface area (Å²) in [6.45, 7) is 5.70. The van der Waals surface area contributed by atoms with Gasteiger partial charge in [-0.15, -0.1) is 0 Å². The summed E-state index contributed by atoms with van der Waals surface area (Å²) in [6.07, 6.45) is 3.87. The van der Waals surface area contributed by atoms with E-state index < -0.39 is 0 Å². The Hall–Kier alpha value is -1.84. The first-order chi connectivity index (χ1) is 7.78. The summed E-state index contributed by atoms with van der Waals surface area (Å²) in [5.74, 6) is 0.920. The Morgan fingerprint density at radius 2 is 2.25 bits per heavy atom. The number of nitrogens with one attached hydrogen (secondary N) is 1. The van der Waals surface area contributed by atoms with Crippen LogP contribution in [-0.4, -0.2) is 21.3 Å². The van der Waals surface area contributed by atoms with Gasteiger partial charge in [0.2, 0.25) is 0 Å². The molecule has 4 nitrogen and oxygen atoms in total. The van der Waals surface area contributed by atoms with Crippen LogP contribution in [0, 0.1) is 6.92 Å². The van der Waals surface area contributed by atoms with Crippen molar-refractivity contribution in [2.45, 2.75) is 20.4 Å². The molecule has 0 saturated carbocycles. The number of anilines is 1. The molecule has 16 heavy (non-hydrogen) atoms. The highest BCUT2D eigenvalue weighted by atomic mass is 15.3. The molecule has 0 saturated heterocycles. The standard InChI is InChI=1S/C12H16N4/c1-3-13-12-6-4-5-11(15-12)9-16-8-10(2)7-14-16/h4-8H,3,9H2,1-2H3,(H,13,15). The minimum atomic E-state index is 0.715. The molecular formula is C12H16N4. The predicted molar refractivity (Wildman–Crippen MR) is 64.5 cm³/mol. The number of nitrogens with zero attached hydrogens (tertiary/aromatic N) is 3. The average Bonchev–Trinajstić information content (AvgIpc) is 2.65. The maximum Gasteiger partial charge on any atom is 0.126 e. The van der Waals surface area contributed by atoms with Crippen LogP contribution < -0.4 is 5.32 Å². The fraction of sp³-hybridized carbons (Fsp3) is 0.333. The molecule has 2 aromatic heterocycles. The van der Waals surface area contributed by atoms with Crippen LogP contribution in [-0.2, 0) is 6.54 Å². The van der Waals surface area contributed by atoms with Gasteiger partial charge in [0.1, 0.15) is 5.82 Å². The number of rotatable bonds is 4. The molecule has 0 aromatic carbocycles. The Labute approximate surface area is 95.3 Å². The van der Waals surface area contributed by atoms with Crippen LogP contribution in [0.4, 0.5) is 5.82 Å². The van der Waals surface area contributed by atoms with Crippen molar-refractivity contribution in [3.63, 3.8) is 0 Å². The Balaban J connectivity index is 2.12. The number of aryl methyl sites for hydroxylation is 1. The number of aromatic nitrogens is 3. The maximum absolute atomic E-state index is 4.50. The lowest BCUT2D eigenvalue weighted by Crippen LogP contribution is -2.05. The van der Waals surface area contributed by atoms with Gasteiger partial charge in [0.15, 0.2) is 0 Å². The van der Waals surface area contributed by atoms with Crippen LogP contribution in [0.1, 0.15) is 18.2 Å². The lowest BCUT2D eigenvalue weighted by atomic mass is 10.3. The second-order valence-electron chi connectivity index (χ2n) is 3.76. The second-order valence-corrected chi connectivity index (χ2v) is 3.76. The minimum absolute atomic E-state index is 0.715. The molecule has 0 spiro atoms. The second kappa shape index (κ2) is 4.79. The summed E-state index contributed by atoms with van der Waals surface area (Å²) in [7, 11) is 0. The van der Waals surface area contributed by atoms with Crippen molar-refractivity contribution in [2.75, 3.05) is 11.9 Å². The highest BCUT2D eigenvalue weighted by Crippen LogP contribution is 2.06. The molecule has 0 fully saturated rings. The van der Waals surface area contributed by atoms with Crippen molar-refractivity contribution in [3.05, 3.63) is 41.9 Å².